The number of para-hydroxylation sites is 1. The monoisotopic (exact) mass is 427 g/mol. The van der Waals surface area contributed by atoms with Crippen LogP contribution in [-0.2, 0) is 26.0 Å². The van der Waals surface area contributed by atoms with E-state index in [4.69, 9.17) is 4.74 Å². The highest BCUT2D eigenvalue weighted by atomic mass is 16.5. The van der Waals surface area contributed by atoms with Gasteiger partial charge >= 0.3 is 0 Å². The highest BCUT2D eigenvalue weighted by Gasteiger charge is 2.08. The van der Waals surface area contributed by atoms with Crippen molar-refractivity contribution in [2.75, 3.05) is 0 Å². The van der Waals surface area contributed by atoms with Gasteiger partial charge in [-0.3, -0.25) is 4.79 Å². The lowest BCUT2D eigenvalue weighted by Gasteiger charge is -2.12. The Labute approximate surface area is 186 Å². The lowest BCUT2D eigenvalue weighted by Crippen LogP contribution is -2.23. The summed E-state index contributed by atoms with van der Waals surface area (Å²) in [5, 5.41) is 16.2. The molecule has 32 heavy (non-hydrogen) atoms. The van der Waals surface area contributed by atoms with Crippen LogP contribution < -0.4 is 10.1 Å². The van der Waals surface area contributed by atoms with Gasteiger partial charge in [0.1, 0.15) is 12.4 Å². The van der Waals surface area contributed by atoms with Gasteiger partial charge in [0.15, 0.2) is 5.82 Å². The van der Waals surface area contributed by atoms with Crippen LogP contribution >= 0.6 is 0 Å². The Morgan fingerprint density at radius 2 is 1.66 bits per heavy atom. The van der Waals surface area contributed by atoms with Gasteiger partial charge in [-0.1, -0.05) is 65.9 Å². The predicted molar refractivity (Wildman–Crippen MR) is 121 cm³/mol. The lowest BCUT2D eigenvalue weighted by molar-refractivity contribution is 0.0950. The fourth-order valence-electron chi connectivity index (χ4n) is 3.41. The number of rotatable bonds is 10. The quantitative estimate of drug-likeness (QED) is 0.401. The number of nitrogens with zero attached hydrogens (tertiary/aromatic N) is 3. The van der Waals surface area contributed by atoms with Crippen molar-refractivity contribution < 1.29 is 9.53 Å². The number of tetrazole rings is 1. The first-order chi connectivity index (χ1) is 15.8. The van der Waals surface area contributed by atoms with Gasteiger partial charge < -0.3 is 10.1 Å². The molecule has 0 saturated heterocycles. The second-order valence-electron chi connectivity index (χ2n) is 7.44. The number of aryl methyl sites for hydroxylation is 2. The molecule has 4 aromatic rings. The van der Waals surface area contributed by atoms with Crippen LogP contribution in [0.15, 0.2) is 78.9 Å². The third-order valence-corrected chi connectivity index (χ3v) is 5.13. The molecule has 1 amide bonds. The largest absolute Gasteiger partial charge is 0.489 e. The minimum atomic E-state index is -0.161. The first kappa shape index (κ1) is 21.2. The van der Waals surface area contributed by atoms with Crippen LogP contribution in [0.1, 0.15) is 39.3 Å². The molecule has 3 aromatic carbocycles. The molecular weight excluding hydrogens is 402 g/mol. The summed E-state index contributed by atoms with van der Waals surface area (Å²) in [6.07, 6.45) is 2.85. The smallest absolute Gasteiger partial charge is 0.251 e. The van der Waals surface area contributed by atoms with E-state index in [-0.39, 0.29) is 12.5 Å². The molecule has 0 saturated carbocycles. The molecule has 1 aromatic heterocycles. The molecule has 0 aliphatic carbocycles. The van der Waals surface area contributed by atoms with Crippen molar-refractivity contribution in [3.63, 3.8) is 0 Å². The van der Waals surface area contributed by atoms with Gasteiger partial charge in [-0.2, -0.15) is 5.21 Å². The van der Waals surface area contributed by atoms with Gasteiger partial charge in [-0.15, -0.1) is 10.2 Å². The van der Waals surface area contributed by atoms with Gasteiger partial charge in [0, 0.05) is 5.56 Å². The minimum absolute atomic E-state index is 0.161. The van der Waals surface area contributed by atoms with E-state index in [1.807, 2.05) is 60.7 Å². The number of hydrogen-bond acceptors (Lipinski definition) is 5. The fraction of sp³-hybridized carbons (Fsp3) is 0.200. The summed E-state index contributed by atoms with van der Waals surface area (Å²) in [6, 6.07) is 26.1. The lowest BCUT2D eigenvalue weighted by atomic mass is 10.0. The molecule has 0 aliphatic rings. The van der Waals surface area contributed by atoms with Crippen molar-refractivity contribution in [2.24, 2.45) is 0 Å². The maximum atomic E-state index is 12.2. The van der Waals surface area contributed by atoms with Gasteiger partial charge in [0.2, 0.25) is 0 Å². The first-order valence-corrected chi connectivity index (χ1v) is 10.6. The summed E-state index contributed by atoms with van der Waals surface area (Å²) < 4.78 is 6.06. The molecule has 162 valence electrons. The van der Waals surface area contributed by atoms with Crippen molar-refractivity contribution in [3.8, 4) is 5.75 Å². The normalized spacial score (nSPS) is 10.6. The summed E-state index contributed by atoms with van der Waals surface area (Å²) in [5.41, 5.74) is 4.17. The second kappa shape index (κ2) is 10.9. The van der Waals surface area contributed by atoms with Crippen molar-refractivity contribution in [2.45, 2.75) is 32.4 Å². The van der Waals surface area contributed by atoms with Crippen LogP contribution in [0, 0.1) is 0 Å². The molecule has 0 spiro atoms. The van der Waals surface area contributed by atoms with Gasteiger partial charge in [-0.25, -0.2) is 0 Å². The van der Waals surface area contributed by atoms with E-state index in [9.17, 15) is 4.79 Å². The van der Waals surface area contributed by atoms with Crippen molar-refractivity contribution in [1.29, 1.82) is 0 Å². The molecule has 7 nitrogen and oxygen atoms in total. The molecular formula is C25H25N5O2. The Bertz CT molecular complexity index is 1110. The highest BCUT2D eigenvalue weighted by molar-refractivity contribution is 5.94. The minimum Gasteiger partial charge on any atom is -0.489 e. The van der Waals surface area contributed by atoms with Crippen LogP contribution in [-0.4, -0.2) is 26.5 Å². The third kappa shape index (κ3) is 6.01. The number of nitrogens with one attached hydrogen (secondary N) is 2. The van der Waals surface area contributed by atoms with Crippen molar-refractivity contribution in [1.82, 2.24) is 25.9 Å². The molecule has 7 heteroatoms. The Kier molecular flexibility index (Phi) is 7.21. The summed E-state index contributed by atoms with van der Waals surface area (Å²) in [4.78, 5) is 12.2. The molecule has 2 N–H and O–H groups in total. The highest BCUT2D eigenvalue weighted by Crippen LogP contribution is 2.22. The molecule has 4 rings (SSSR count). The Morgan fingerprint density at radius 1 is 0.875 bits per heavy atom. The van der Waals surface area contributed by atoms with Gasteiger partial charge in [0.25, 0.3) is 5.91 Å². The first-order valence-electron chi connectivity index (χ1n) is 10.6. The van der Waals surface area contributed by atoms with Crippen LogP contribution in [0.25, 0.3) is 0 Å². The van der Waals surface area contributed by atoms with Crippen LogP contribution in [0.2, 0.25) is 0 Å². The van der Waals surface area contributed by atoms with E-state index in [2.05, 4.69) is 44.1 Å². The average molecular weight is 428 g/mol. The van der Waals surface area contributed by atoms with Crippen LogP contribution in [0.4, 0.5) is 0 Å². The Morgan fingerprint density at radius 3 is 2.44 bits per heavy atom. The van der Waals surface area contributed by atoms with Gasteiger partial charge in [0.05, 0.1) is 6.54 Å². The number of carbonyl (C=O) groups excluding carboxylic acids is 1. The fourth-order valence-corrected chi connectivity index (χ4v) is 3.41. The molecule has 0 unspecified atom stereocenters. The Balaban J connectivity index is 1.26. The van der Waals surface area contributed by atoms with Crippen molar-refractivity contribution in [3.05, 3.63) is 107 Å². The predicted octanol–water partition coefficient (Wildman–Crippen LogP) is 3.88. The van der Waals surface area contributed by atoms with E-state index in [0.29, 0.717) is 18.0 Å². The Hall–Kier alpha value is -4.00. The maximum Gasteiger partial charge on any atom is 0.251 e. The number of benzene rings is 3. The molecule has 0 radical (unpaired) electrons. The van der Waals surface area contributed by atoms with E-state index < -0.39 is 0 Å². The molecule has 1 heterocycles. The van der Waals surface area contributed by atoms with Crippen LogP contribution in [0.3, 0.4) is 0 Å². The molecule has 0 aliphatic heterocycles. The van der Waals surface area contributed by atoms with E-state index in [1.165, 1.54) is 11.1 Å². The second-order valence-corrected chi connectivity index (χ2v) is 7.44. The summed E-state index contributed by atoms with van der Waals surface area (Å²) >= 11 is 0. The van der Waals surface area contributed by atoms with Crippen LogP contribution in [0.5, 0.6) is 5.75 Å². The van der Waals surface area contributed by atoms with E-state index in [1.54, 1.807) is 0 Å². The third-order valence-electron chi connectivity index (χ3n) is 5.13. The average Bonchev–Trinajstić information content (AvgIpc) is 3.37. The zero-order valence-corrected chi connectivity index (χ0v) is 17.7. The number of H-pyrrole nitrogens is 1. The summed E-state index contributed by atoms with van der Waals surface area (Å²) in [6.45, 7) is 0.803. The maximum absolute atomic E-state index is 12.2. The topological polar surface area (TPSA) is 92.8 Å². The van der Waals surface area contributed by atoms with Crippen molar-refractivity contribution >= 4 is 5.91 Å². The van der Waals surface area contributed by atoms with Gasteiger partial charge in [-0.05, 0) is 54.2 Å². The molecule has 0 fully saturated rings. The number of hydrogen-bond donors (Lipinski definition) is 2. The number of carbonyl (C=O) groups is 1. The molecule has 0 bridgehead atoms. The summed E-state index contributed by atoms with van der Waals surface area (Å²) in [7, 11) is 0. The number of aromatic amines is 1. The standard InChI is InChI=1S/C25H25N5O2/c31-25(26-17-24-27-29-30-28-24)22-15-13-19(14-16-22)9-6-11-21-10-4-5-12-23(21)32-18-20-7-2-1-3-8-20/h1-5,7-8,10,12-16H,6,9,11,17-18H2,(H,26,31)(H,27,28,29,30). The molecule has 0 atom stereocenters. The number of ether oxygens (including phenoxy) is 1. The SMILES string of the molecule is O=C(NCc1nn[nH]n1)c1ccc(CCCc2ccccc2OCc2ccccc2)cc1. The van der Waals surface area contributed by atoms with E-state index >= 15 is 0 Å². The number of amides is 1. The zero-order chi connectivity index (χ0) is 22.0. The zero-order valence-electron chi connectivity index (χ0n) is 17.7. The van der Waals surface area contributed by atoms with E-state index in [0.717, 1.165) is 30.6 Å². The number of aromatic nitrogens is 4. The summed E-state index contributed by atoms with van der Waals surface area (Å²) in [5.74, 6) is 1.22.